The monoisotopic (exact) mass is 290 g/mol. The molecule has 0 aromatic carbocycles. The normalized spacial score (nSPS) is 24.3. The SMILES string of the molecule is CC(C)=C[C@@H]1[C@@H](C(=O)NC[C@H](C)c2nncn2C)C1(C)C. The zero-order valence-corrected chi connectivity index (χ0v) is 13.8. The maximum Gasteiger partial charge on any atom is 0.224 e. The highest BCUT2D eigenvalue weighted by Crippen LogP contribution is 2.59. The van der Waals surface area contributed by atoms with E-state index in [-0.39, 0.29) is 23.2 Å². The third-order valence-electron chi connectivity index (χ3n) is 4.48. The first-order chi connectivity index (χ1) is 9.75. The lowest BCUT2D eigenvalue weighted by Gasteiger charge is -2.12. The first-order valence-electron chi connectivity index (χ1n) is 7.51. The average molecular weight is 290 g/mol. The molecule has 0 bridgehead atoms. The van der Waals surface area contributed by atoms with Gasteiger partial charge in [0.2, 0.25) is 5.91 Å². The first-order valence-corrected chi connectivity index (χ1v) is 7.51. The van der Waals surface area contributed by atoms with Crippen molar-refractivity contribution < 1.29 is 4.79 Å². The second-order valence-electron chi connectivity index (χ2n) is 7.02. The van der Waals surface area contributed by atoms with E-state index in [4.69, 9.17) is 0 Å². The van der Waals surface area contributed by atoms with E-state index >= 15 is 0 Å². The van der Waals surface area contributed by atoms with Crippen molar-refractivity contribution in [2.24, 2.45) is 24.3 Å². The van der Waals surface area contributed by atoms with Crippen LogP contribution >= 0.6 is 0 Å². The van der Waals surface area contributed by atoms with E-state index in [9.17, 15) is 4.79 Å². The molecule has 5 nitrogen and oxygen atoms in total. The molecule has 0 saturated heterocycles. The first kappa shape index (κ1) is 15.7. The molecule has 116 valence electrons. The van der Waals surface area contributed by atoms with Crippen LogP contribution in [0.25, 0.3) is 0 Å². The van der Waals surface area contributed by atoms with E-state index < -0.39 is 0 Å². The third kappa shape index (κ3) is 3.17. The summed E-state index contributed by atoms with van der Waals surface area (Å²) >= 11 is 0. The molecule has 1 N–H and O–H groups in total. The van der Waals surface area contributed by atoms with Gasteiger partial charge >= 0.3 is 0 Å². The largest absolute Gasteiger partial charge is 0.355 e. The fraction of sp³-hybridized carbons (Fsp3) is 0.688. The van der Waals surface area contributed by atoms with Crippen LogP contribution in [0, 0.1) is 17.3 Å². The fourth-order valence-electron chi connectivity index (χ4n) is 3.04. The number of amides is 1. The van der Waals surface area contributed by atoms with Crippen molar-refractivity contribution >= 4 is 5.91 Å². The van der Waals surface area contributed by atoms with Gasteiger partial charge in [-0.05, 0) is 25.2 Å². The minimum Gasteiger partial charge on any atom is -0.355 e. The molecule has 2 rings (SSSR count). The van der Waals surface area contributed by atoms with Crippen molar-refractivity contribution in [3.05, 3.63) is 23.8 Å². The van der Waals surface area contributed by atoms with Crippen LogP contribution in [0.3, 0.4) is 0 Å². The molecular formula is C16H26N4O. The van der Waals surface area contributed by atoms with Crippen molar-refractivity contribution in [2.75, 3.05) is 6.54 Å². The molecule has 0 spiro atoms. The van der Waals surface area contributed by atoms with Gasteiger partial charge in [0.15, 0.2) is 0 Å². The summed E-state index contributed by atoms with van der Waals surface area (Å²) in [5.74, 6) is 1.64. The number of nitrogens with zero attached hydrogens (tertiary/aromatic N) is 3. The molecule has 1 aliphatic carbocycles. The van der Waals surface area contributed by atoms with Gasteiger partial charge in [-0.15, -0.1) is 10.2 Å². The van der Waals surface area contributed by atoms with Crippen LogP contribution in [0.4, 0.5) is 0 Å². The average Bonchev–Trinajstić information content (AvgIpc) is 2.72. The van der Waals surface area contributed by atoms with E-state index in [1.165, 1.54) is 5.57 Å². The van der Waals surface area contributed by atoms with Gasteiger partial charge in [0.05, 0.1) is 5.92 Å². The van der Waals surface area contributed by atoms with E-state index in [0.717, 1.165) is 5.82 Å². The summed E-state index contributed by atoms with van der Waals surface area (Å²) < 4.78 is 1.89. The topological polar surface area (TPSA) is 59.8 Å². The summed E-state index contributed by atoms with van der Waals surface area (Å²) in [5, 5.41) is 11.0. The number of hydrogen-bond donors (Lipinski definition) is 1. The molecule has 21 heavy (non-hydrogen) atoms. The highest BCUT2D eigenvalue weighted by molar-refractivity contribution is 5.83. The Morgan fingerprint density at radius 2 is 2.19 bits per heavy atom. The number of aryl methyl sites for hydroxylation is 1. The van der Waals surface area contributed by atoms with Crippen LogP contribution in [0.15, 0.2) is 18.0 Å². The zero-order chi connectivity index (χ0) is 15.8. The summed E-state index contributed by atoms with van der Waals surface area (Å²) in [5.41, 5.74) is 1.34. The van der Waals surface area contributed by atoms with Gasteiger partial charge in [-0.3, -0.25) is 4.79 Å². The minimum atomic E-state index is 0.0649. The molecule has 1 aromatic heterocycles. The molecule has 1 fully saturated rings. The van der Waals surface area contributed by atoms with Crippen LogP contribution in [0.2, 0.25) is 0 Å². The van der Waals surface area contributed by atoms with E-state index in [1.807, 2.05) is 11.6 Å². The highest BCUT2D eigenvalue weighted by atomic mass is 16.2. The Bertz CT molecular complexity index is 554. The van der Waals surface area contributed by atoms with Crippen LogP contribution < -0.4 is 5.32 Å². The smallest absolute Gasteiger partial charge is 0.224 e. The van der Waals surface area contributed by atoms with Crippen molar-refractivity contribution in [3.8, 4) is 0 Å². The molecule has 1 aromatic rings. The molecule has 1 heterocycles. The number of allylic oxidation sites excluding steroid dienone is 2. The fourth-order valence-corrected chi connectivity index (χ4v) is 3.04. The summed E-state index contributed by atoms with van der Waals surface area (Å²) in [6, 6.07) is 0. The van der Waals surface area contributed by atoms with E-state index in [1.54, 1.807) is 6.33 Å². The van der Waals surface area contributed by atoms with Gasteiger partial charge in [0, 0.05) is 19.5 Å². The maximum atomic E-state index is 12.4. The molecule has 0 radical (unpaired) electrons. The lowest BCUT2D eigenvalue weighted by Crippen LogP contribution is -2.31. The van der Waals surface area contributed by atoms with Gasteiger partial charge in [0.1, 0.15) is 12.2 Å². The maximum absolute atomic E-state index is 12.4. The molecular weight excluding hydrogens is 264 g/mol. The number of hydrogen-bond acceptors (Lipinski definition) is 3. The summed E-state index contributed by atoms with van der Waals surface area (Å²) in [7, 11) is 1.92. The van der Waals surface area contributed by atoms with Crippen molar-refractivity contribution in [1.29, 1.82) is 0 Å². The Kier molecular flexibility index (Phi) is 4.21. The predicted molar refractivity (Wildman–Crippen MR) is 82.6 cm³/mol. The Morgan fingerprint density at radius 3 is 2.71 bits per heavy atom. The summed E-state index contributed by atoms with van der Waals surface area (Å²) in [6.45, 7) is 11.1. The van der Waals surface area contributed by atoms with E-state index in [0.29, 0.717) is 12.5 Å². The standard InChI is InChI=1S/C16H26N4O/c1-10(2)7-12-13(16(12,4)5)15(21)17-8-11(3)14-19-18-9-20(14)6/h7,9,11-13H,8H2,1-6H3,(H,17,21)/t11-,12+,13-/m0/s1. The van der Waals surface area contributed by atoms with Gasteiger partial charge in [-0.1, -0.05) is 32.4 Å². The molecule has 1 amide bonds. The molecule has 1 saturated carbocycles. The Morgan fingerprint density at radius 1 is 1.52 bits per heavy atom. The van der Waals surface area contributed by atoms with Crippen LogP contribution in [0.1, 0.15) is 46.4 Å². The quantitative estimate of drug-likeness (QED) is 0.846. The van der Waals surface area contributed by atoms with Gasteiger partial charge in [-0.25, -0.2) is 0 Å². The number of rotatable bonds is 5. The second kappa shape index (κ2) is 5.62. The lowest BCUT2D eigenvalue weighted by molar-refractivity contribution is -0.123. The molecule has 1 aliphatic rings. The van der Waals surface area contributed by atoms with Crippen LogP contribution in [-0.2, 0) is 11.8 Å². The predicted octanol–water partition coefficient (Wildman–Crippen LogP) is 2.27. The number of nitrogens with one attached hydrogen (secondary N) is 1. The highest BCUT2D eigenvalue weighted by Gasteiger charge is 2.60. The van der Waals surface area contributed by atoms with Crippen molar-refractivity contribution in [3.63, 3.8) is 0 Å². The van der Waals surface area contributed by atoms with Crippen molar-refractivity contribution in [1.82, 2.24) is 20.1 Å². The number of carbonyl (C=O) groups excluding carboxylic acids is 1. The molecule has 3 atom stereocenters. The molecule has 0 aliphatic heterocycles. The van der Waals surface area contributed by atoms with E-state index in [2.05, 4.69) is 56.2 Å². The second-order valence-corrected chi connectivity index (χ2v) is 7.02. The van der Waals surface area contributed by atoms with Gasteiger partial charge in [0.25, 0.3) is 0 Å². The van der Waals surface area contributed by atoms with Crippen LogP contribution in [0.5, 0.6) is 0 Å². The molecule has 5 heteroatoms. The minimum absolute atomic E-state index is 0.0649. The summed E-state index contributed by atoms with van der Waals surface area (Å²) in [6.07, 6.45) is 3.90. The van der Waals surface area contributed by atoms with Crippen molar-refractivity contribution in [2.45, 2.75) is 40.5 Å². The Hall–Kier alpha value is -1.65. The summed E-state index contributed by atoms with van der Waals surface area (Å²) in [4.78, 5) is 12.4. The van der Waals surface area contributed by atoms with Crippen LogP contribution in [-0.4, -0.2) is 27.2 Å². The Balaban J connectivity index is 1.91. The number of aromatic nitrogens is 3. The zero-order valence-electron chi connectivity index (χ0n) is 13.8. The molecule has 0 unspecified atom stereocenters. The third-order valence-corrected chi connectivity index (χ3v) is 4.48. The number of carbonyl (C=O) groups is 1. The van der Waals surface area contributed by atoms with Gasteiger partial charge < -0.3 is 9.88 Å². The van der Waals surface area contributed by atoms with Gasteiger partial charge in [-0.2, -0.15) is 0 Å². The lowest BCUT2D eigenvalue weighted by atomic mass is 10.1. The Labute approximate surface area is 126 Å².